The van der Waals surface area contributed by atoms with Gasteiger partial charge in [0.15, 0.2) is 8.32 Å². The van der Waals surface area contributed by atoms with Crippen LogP contribution in [0.15, 0.2) is 12.1 Å². The predicted molar refractivity (Wildman–Crippen MR) is 187 cm³/mol. The second-order valence-corrected chi connectivity index (χ2v) is 28.3. The Bertz CT molecular complexity index is 1410. The van der Waals surface area contributed by atoms with Crippen molar-refractivity contribution in [3.8, 4) is 0 Å². The van der Waals surface area contributed by atoms with Crippen LogP contribution in [0.1, 0.15) is 126 Å². The summed E-state index contributed by atoms with van der Waals surface area (Å²) >= 11 is 2.58. The van der Waals surface area contributed by atoms with E-state index in [1.807, 2.05) is 19.6 Å². The van der Waals surface area contributed by atoms with Gasteiger partial charge >= 0.3 is 0 Å². The van der Waals surface area contributed by atoms with E-state index in [1.54, 1.807) is 12.1 Å². The van der Waals surface area contributed by atoms with Gasteiger partial charge in [-0.1, -0.05) is 90.7 Å². The first-order valence-corrected chi connectivity index (χ1v) is 23.8. The molecular formula is C35H52F2INO2Si2. The van der Waals surface area contributed by atoms with Crippen molar-refractivity contribution in [2.24, 2.45) is 5.41 Å². The van der Waals surface area contributed by atoms with E-state index in [-0.39, 0.29) is 31.6 Å². The van der Waals surface area contributed by atoms with Gasteiger partial charge in [0, 0.05) is 37.2 Å². The minimum Gasteiger partial charge on any atom is -0.410 e. The molecule has 1 fully saturated rings. The van der Waals surface area contributed by atoms with Crippen molar-refractivity contribution in [2.45, 2.75) is 146 Å². The first-order valence-electron chi connectivity index (χ1n) is 16.2. The van der Waals surface area contributed by atoms with E-state index in [9.17, 15) is 0 Å². The van der Waals surface area contributed by atoms with Gasteiger partial charge in [-0.05, 0) is 79.3 Å². The van der Waals surface area contributed by atoms with Crippen molar-refractivity contribution < 1.29 is 17.9 Å². The average Bonchev–Trinajstić information content (AvgIpc) is 3.36. The normalized spacial score (nSPS) is 27.2. The monoisotopic (exact) mass is 739 g/mol. The van der Waals surface area contributed by atoms with Gasteiger partial charge in [0.05, 0.1) is 14.2 Å². The second-order valence-electron chi connectivity index (χ2n) is 17.1. The molecule has 238 valence electrons. The number of rotatable bonds is 5. The van der Waals surface area contributed by atoms with E-state index in [0.717, 1.165) is 49.1 Å². The lowest BCUT2D eigenvalue weighted by atomic mass is 9.70. The molecule has 43 heavy (non-hydrogen) atoms. The Kier molecular flexibility index (Phi) is 8.57. The highest BCUT2D eigenvalue weighted by atomic mass is 127. The molecule has 8 heteroatoms. The van der Waals surface area contributed by atoms with Crippen molar-refractivity contribution in [3.63, 3.8) is 0 Å². The van der Waals surface area contributed by atoms with Crippen LogP contribution in [0.25, 0.3) is 0 Å². The summed E-state index contributed by atoms with van der Waals surface area (Å²) in [4.78, 5) is 5.45. The number of nitrogens with zero attached hydrogens (tertiary/aromatic N) is 1. The number of pyridine rings is 1. The zero-order valence-electron chi connectivity index (χ0n) is 28.4. The summed E-state index contributed by atoms with van der Waals surface area (Å²) in [6.07, 6.45) is 4.15. The van der Waals surface area contributed by atoms with Crippen LogP contribution >= 0.6 is 22.6 Å². The van der Waals surface area contributed by atoms with Gasteiger partial charge in [-0.3, -0.25) is 4.98 Å². The molecular weight excluding hydrogens is 687 g/mol. The lowest BCUT2D eigenvalue weighted by Crippen LogP contribution is -2.44. The number of fused-ring (bicyclic) bond motifs is 4. The second kappa shape index (κ2) is 10.9. The van der Waals surface area contributed by atoms with Gasteiger partial charge in [0.25, 0.3) is 0 Å². The van der Waals surface area contributed by atoms with Crippen LogP contribution in [0.2, 0.25) is 37.8 Å². The van der Waals surface area contributed by atoms with Crippen LogP contribution in [0.3, 0.4) is 0 Å². The maximum atomic E-state index is 15.8. The molecule has 2 heterocycles. The zero-order chi connectivity index (χ0) is 32.1. The third-order valence-electron chi connectivity index (χ3n) is 10.5. The number of hydrogen-bond donors (Lipinski definition) is 0. The zero-order valence-corrected chi connectivity index (χ0v) is 32.6. The molecule has 2 unspecified atom stereocenters. The fraction of sp³-hybridized carbons (Fsp3) is 0.686. The topological polar surface area (TPSA) is 31.4 Å². The number of halogens is 3. The van der Waals surface area contributed by atoms with E-state index >= 15 is 8.78 Å². The standard InChI is InChI=1S/C35H52F2INO2Si2/c1-20(2)30-28-29(27-24(39-30)18-34(6,7)19-25(27)41-43(11,12)33(3,4)5)35(15-13-14-26(35)38)40-31(28)21-16-22(36)32(23(37)17-21)42(8,9)10/h16-17,20,25-26,31H,13-15,18-19H2,1-12H3/t25-,26?,31+,35?/m0/s1. The molecule has 5 rings (SSSR count). The molecule has 1 saturated carbocycles. The van der Waals surface area contributed by atoms with E-state index < -0.39 is 39.7 Å². The molecule has 1 aromatic carbocycles. The SMILES string of the molecule is CC(C)c1nc2c(c3c1[C@@H](c1cc(F)c([Si](C)(C)C)c(F)c1)OC31CCCC1I)[C@@H](O[Si](C)(C)C(C)(C)C)CC(C)(C)C2. The fourth-order valence-corrected chi connectivity index (χ4v) is 11.5. The average molecular weight is 740 g/mol. The maximum Gasteiger partial charge on any atom is 0.192 e. The first kappa shape index (κ1) is 33.7. The summed E-state index contributed by atoms with van der Waals surface area (Å²) in [7, 11) is -4.37. The molecule has 0 saturated heterocycles. The smallest absolute Gasteiger partial charge is 0.192 e. The summed E-state index contributed by atoms with van der Waals surface area (Å²) in [5, 5.41) is 0.321. The van der Waals surface area contributed by atoms with Gasteiger partial charge in [0.2, 0.25) is 0 Å². The molecule has 0 radical (unpaired) electrons. The van der Waals surface area contributed by atoms with E-state index in [4.69, 9.17) is 14.1 Å². The summed E-state index contributed by atoms with van der Waals surface area (Å²) in [5.41, 5.74) is 5.70. The summed E-state index contributed by atoms with van der Waals surface area (Å²) in [6, 6.07) is 3.11. The van der Waals surface area contributed by atoms with Crippen LogP contribution in [-0.2, 0) is 21.2 Å². The Morgan fingerprint density at radius 3 is 2.14 bits per heavy atom. The Morgan fingerprint density at radius 2 is 1.65 bits per heavy atom. The van der Waals surface area contributed by atoms with Crippen LogP contribution in [0.5, 0.6) is 0 Å². The third kappa shape index (κ3) is 5.76. The van der Waals surface area contributed by atoms with Crippen molar-refractivity contribution in [1.29, 1.82) is 0 Å². The summed E-state index contributed by atoms with van der Waals surface area (Å²) in [6.45, 7) is 26.5. The molecule has 1 aliphatic heterocycles. The summed E-state index contributed by atoms with van der Waals surface area (Å²) < 4.78 is 46.4. The third-order valence-corrected chi connectivity index (χ3v) is 18.6. The van der Waals surface area contributed by atoms with Crippen molar-refractivity contribution in [1.82, 2.24) is 4.98 Å². The van der Waals surface area contributed by atoms with Gasteiger partial charge in [0.1, 0.15) is 23.3 Å². The lowest BCUT2D eigenvalue weighted by Gasteiger charge is -2.45. The number of hydrogen-bond acceptors (Lipinski definition) is 3. The highest BCUT2D eigenvalue weighted by Gasteiger charge is 2.57. The Hall–Kier alpha value is -0.686. The molecule has 1 aromatic heterocycles. The Labute approximate surface area is 274 Å². The minimum absolute atomic E-state index is 0.0415. The Morgan fingerprint density at radius 1 is 1.05 bits per heavy atom. The maximum absolute atomic E-state index is 15.8. The highest BCUT2D eigenvalue weighted by Crippen LogP contribution is 2.62. The van der Waals surface area contributed by atoms with Crippen molar-refractivity contribution in [2.75, 3.05) is 0 Å². The Balaban J connectivity index is 1.82. The largest absolute Gasteiger partial charge is 0.410 e. The van der Waals surface area contributed by atoms with E-state index in [1.165, 1.54) is 11.1 Å². The molecule has 0 N–H and O–H groups in total. The minimum atomic E-state index is -2.23. The lowest BCUT2D eigenvalue weighted by molar-refractivity contribution is -0.0516. The molecule has 3 nitrogen and oxygen atoms in total. The van der Waals surface area contributed by atoms with E-state index in [2.05, 4.69) is 84.2 Å². The quantitative estimate of drug-likeness (QED) is 0.174. The highest BCUT2D eigenvalue weighted by molar-refractivity contribution is 14.1. The number of aromatic nitrogens is 1. The van der Waals surface area contributed by atoms with Gasteiger partial charge < -0.3 is 9.16 Å². The molecule has 2 aromatic rings. The van der Waals surface area contributed by atoms with E-state index in [0.29, 0.717) is 5.56 Å². The number of benzene rings is 1. The first-order chi connectivity index (χ1) is 19.6. The predicted octanol–water partition coefficient (Wildman–Crippen LogP) is 10.4. The molecule has 2 aliphatic carbocycles. The molecule has 4 atom stereocenters. The fourth-order valence-electron chi connectivity index (χ4n) is 7.46. The van der Waals surface area contributed by atoms with Crippen molar-refractivity contribution in [3.05, 3.63) is 57.4 Å². The summed E-state index contributed by atoms with van der Waals surface area (Å²) in [5.74, 6) is -0.763. The van der Waals surface area contributed by atoms with Crippen LogP contribution in [-0.4, -0.2) is 25.3 Å². The molecule has 3 aliphatic rings. The van der Waals surface area contributed by atoms with Crippen LogP contribution in [0, 0.1) is 17.0 Å². The van der Waals surface area contributed by atoms with Gasteiger partial charge in [-0.2, -0.15) is 0 Å². The van der Waals surface area contributed by atoms with Crippen LogP contribution in [0.4, 0.5) is 8.78 Å². The number of alkyl halides is 1. The molecule has 0 amide bonds. The molecule has 0 bridgehead atoms. The van der Waals surface area contributed by atoms with Gasteiger partial charge in [-0.15, -0.1) is 0 Å². The van der Waals surface area contributed by atoms with Crippen LogP contribution < -0.4 is 5.19 Å². The van der Waals surface area contributed by atoms with Crippen molar-refractivity contribution >= 4 is 44.2 Å². The molecule has 1 spiro atoms. The van der Waals surface area contributed by atoms with Gasteiger partial charge in [-0.25, -0.2) is 8.78 Å². The number of ether oxygens (including phenoxy) is 1.